The van der Waals surface area contributed by atoms with Gasteiger partial charge in [0.2, 0.25) is 0 Å². The fourth-order valence-corrected chi connectivity index (χ4v) is 3.10. The lowest BCUT2D eigenvalue weighted by Crippen LogP contribution is -2.32. The predicted molar refractivity (Wildman–Crippen MR) is 99.3 cm³/mol. The Bertz CT molecular complexity index is 1080. The average molecular weight is 436 g/mol. The molecule has 2 aromatic heterocycles. The third kappa shape index (κ3) is 4.91. The van der Waals surface area contributed by atoms with Crippen LogP contribution in [0.15, 0.2) is 48.8 Å². The lowest BCUT2D eigenvalue weighted by atomic mass is 10.1. The van der Waals surface area contributed by atoms with Crippen molar-refractivity contribution in [3.05, 3.63) is 64.5 Å². The van der Waals surface area contributed by atoms with Crippen molar-refractivity contribution in [3.63, 3.8) is 0 Å². The Morgan fingerprint density at radius 3 is 2.74 bits per heavy atom. The van der Waals surface area contributed by atoms with Crippen LogP contribution in [-0.2, 0) is 17.9 Å². The van der Waals surface area contributed by atoms with Gasteiger partial charge >= 0.3 is 18.2 Å². The summed E-state index contributed by atoms with van der Waals surface area (Å²) >= 11 is 0. The van der Waals surface area contributed by atoms with Crippen LogP contribution >= 0.6 is 0 Å². The van der Waals surface area contributed by atoms with Crippen molar-refractivity contribution in [2.45, 2.75) is 25.6 Å². The molecule has 0 saturated carbocycles. The third-order valence-corrected chi connectivity index (χ3v) is 4.44. The van der Waals surface area contributed by atoms with Gasteiger partial charge in [-0.15, -0.1) is 13.2 Å². The molecule has 1 aliphatic heterocycles. The number of imidazole rings is 1. The molecule has 0 N–H and O–H groups in total. The number of hydrogen-bond acceptors (Lipinski definition) is 7. The molecule has 0 radical (unpaired) electrons. The van der Waals surface area contributed by atoms with E-state index in [1.807, 2.05) is 0 Å². The summed E-state index contributed by atoms with van der Waals surface area (Å²) in [4.78, 5) is 18.3. The molecule has 0 unspecified atom stereocenters. The number of aromatic nitrogens is 3. The van der Waals surface area contributed by atoms with Crippen LogP contribution in [0, 0.1) is 10.1 Å². The number of ether oxygens (including phenoxy) is 3. The molecule has 1 atom stereocenters. The molecule has 1 aromatic carbocycles. The standard InChI is InChI=1S/C19H15F3N4O5/c20-19(21,22)31-14-5-3-12(4-6-14)17-13(2-1-7-23-17)10-29-15-8-25-9-16(26(27)28)24-18(25)30-11-15/h1-7,9,15H,8,10-11H2/t15-/m1/s1. The van der Waals surface area contributed by atoms with E-state index >= 15 is 0 Å². The molecule has 162 valence electrons. The monoisotopic (exact) mass is 436 g/mol. The first-order chi connectivity index (χ1) is 14.8. The number of hydrogen-bond donors (Lipinski definition) is 0. The topological polar surface area (TPSA) is 102 Å². The van der Waals surface area contributed by atoms with Gasteiger partial charge in [0.05, 0.1) is 18.8 Å². The van der Waals surface area contributed by atoms with Crippen LogP contribution in [0.1, 0.15) is 5.56 Å². The van der Waals surface area contributed by atoms with Crippen molar-refractivity contribution in [2.75, 3.05) is 6.61 Å². The van der Waals surface area contributed by atoms with E-state index < -0.39 is 11.3 Å². The number of alkyl halides is 3. The molecule has 1 aliphatic rings. The maximum atomic E-state index is 12.3. The van der Waals surface area contributed by atoms with Crippen molar-refractivity contribution in [2.24, 2.45) is 0 Å². The van der Waals surface area contributed by atoms with Crippen LogP contribution < -0.4 is 9.47 Å². The first kappa shape index (κ1) is 20.6. The molecule has 0 amide bonds. The summed E-state index contributed by atoms with van der Waals surface area (Å²) in [6.07, 6.45) is -2.29. The summed E-state index contributed by atoms with van der Waals surface area (Å²) in [6, 6.07) is 9.06. The highest BCUT2D eigenvalue weighted by molar-refractivity contribution is 5.63. The highest BCUT2D eigenvalue weighted by Crippen LogP contribution is 2.28. The Hall–Kier alpha value is -3.67. The summed E-state index contributed by atoms with van der Waals surface area (Å²) in [5.74, 6) is -0.627. The third-order valence-electron chi connectivity index (χ3n) is 4.44. The molecule has 31 heavy (non-hydrogen) atoms. The second-order valence-electron chi connectivity index (χ2n) is 6.62. The first-order valence-corrected chi connectivity index (χ1v) is 9.04. The predicted octanol–water partition coefficient (Wildman–Crippen LogP) is 3.73. The number of rotatable bonds is 6. The van der Waals surface area contributed by atoms with E-state index in [9.17, 15) is 23.3 Å². The molecular weight excluding hydrogens is 421 g/mol. The van der Waals surface area contributed by atoms with Crippen LogP contribution in [0.5, 0.6) is 11.8 Å². The van der Waals surface area contributed by atoms with Crippen LogP contribution in [0.2, 0.25) is 0 Å². The maximum absolute atomic E-state index is 12.3. The van der Waals surface area contributed by atoms with E-state index in [1.165, 1.54) is 35.0 Å². The molecule has 0 aliphatic carbocycles. The molecule has 3 aromatic rings. The Kier molecular flexibility index (Phi) is 5.46. The van der Waals surface area contributed by atoms with Gasteiger partial charge in [-0.3, -0.25) is 9.55 Å². The molecule has 0 fully saturated rings. The smallest absolute Gasteiger partial charge is 0.443 e. The molecule has 0 spiro atoms. The second kappa shape index (κ2) is 8.22. The number of fused-ring (bicyclic) bond motifs is 1. The number of nitro groups is 1. The quantitative estimate of drug-likeness (QED) is 0.429. The van der Waals surface area contributed by atoms with E-state index in [4.69, 9.17) is 9.47 Å². The molecule has 0 saturated heterocycles. The van der Waals surface area contributed by atoms with Gasteiger partial charge < -0.3 is 24.3 Å². The van der Waals surface area contributed by atoms with Crippen molar-refractivity contribution < 1.29 is 32.3 Å². The fraction of sp³-hybridized carbons (Fsp3) is 0.263. The van der Waals surface area contributed by atoms with E-state index in [1.54, 1.807) is 18.3 Å². The minimum absolute atomic E-state index is 0.157. The van der Waals surface area contributed by atoms with E-state index in [-0.39, 0.29) is 36.9 Å². The second-order valence-corrected chi connectivity index (χ2v) is 6.62. The number of nitrogens with zero attached hydrogens (tertiary/aromatic N) is 4. The highest BCUT2D eigenvalue weighted by atomic mass is 19.4. The van der Waals surface area contributed by atoms with Crippen LogP contribution in [0.3, 0.4) is 0 Å². The molecule has 0 bridgehead atoms. The van der Waals surface area contributed by atoms with E-state index in [0.717, 1.165) is 5.56 Å². The number of halogens is 3. The van der Waals surface area contributed by atoms with Gasteiger partial charge in [0.15, 0.2) is 0 Å². The lowest BCUT2D eigenvalue weighted by molar-refractivity contribution is -0.389. The normalized spacial score (nSPS) is 15.8. The Balaban J connectivity index is 1.44. The van der Waals surface area contributed by atoms with Crippen molar-refractivity contribution in [3.8, 4) is 23.0 Å². The van der Waals surface area contributed by atoms with Crippen molar-refractivity contribution in [1.82, 2.24) is 14.5 Å². The van der Waals surface area contributed by atoms with Crippen LogP contribution in [0.25, 0.3) is 11.3 Å². The molecule has 4 rings (SSSR count). The number of pyridine rings is 1. The van der Waals surface area contributed by atoms with Gasteiger partial charge in [-0.05, 0) is 35.3 Å². The molecule has 3 heterocycles. The zero-order chi connectivity index (χ0) is 22.0. The van der Waals surface area contributed by atoms with Gasteiger partial charge in [-0.2, -0.15) is 0 Å². The number of benzene rings is 1. The van der Waals surface area contributed by atoms with Gasteiger partial charge in [0.1, 0.15) is 24.7 Å². The fourth-order valence-electron chi connectivity index (χ4n) is 3.10. The highest BCUT2D eigenvalue weighted by Gasteiger charge is 2.31. The SMILES string of the molecule is O=[N+]([O-])c1cn2c(n1)OC[C@H](OCc1cccnc1-c1ccc(OC(F)(F)F)cc1)C2. The Morgan fingerprint density at radius 2 is 2.03 bits per heavy atom. The Morgan fingerprint density at radius 1 is 1.26 bits per heavy atom. The largest absolute Gasteiger partial charge is 0.573 e. The average Bonchev–Trinajstić information content (AvgIpc) is 3.16. The summed E-state index contributed by atoms with van der Waals surface area (Å²) in [5.41, 5.74) is 1.87. The maximum Gasteiger partial charge on any atom is 0.573 e. The van der Waals surface area contributed by atoms with Gasteiger partial charge in [0, 0.05) is 22.3 Å². The summed E-state index contributed by atoms with van der Waals surface area (Å²) in [5, 5.41) is 10.8. The molecule has 9 nitrogen and oxygen atoms in total. The zero-order valence-corrected chi connectivity index (χ0v) is 15.8. The first-order valence-electron chi connectivity index (χ1n) is 9.04. The summed E-state index contributed by atoms with van der Waals surface area (Å²) in [6.45, 7) is 0.659. The molecule has 12 heteroatoms. The minimum Gasteiger partial charge on any atom is -0.443 e. The minimum atomic E-state index is -4.76. The van der Waals surface area contributed by atoms with Crippen LogP contribution in [0.4, 0.5) is 19.0 Å². The van der Waals surface area contributed by atoms with Crippen molar-refractivity contribution in [1.29, 1.82) is 0 Å². The van der Waals surface area contributed by atoms with Gasteiger partial charge in [0.25, 0.3) is 0 Å². The van der Waals surface area contributed by atoms with Gasteiger partial charge in [-0.1, -0.05) is 6.07 Å². The van der Waals surface area contributed by atoms with Crippen molar-refractivity contribution >= 4 is 5.82 Å². The molecular formula is C19H15F3N4O5. The van der Waals surface area contributed by atoms with Gasteiger partial charge in [-0.25, -0.2) is 0 Å². The lowest BCUT2D eigenvalue weighted by Gasteiger charge is -2.22. The van der Waals surface area contributed by atoms with E-state index in [0.29, 0.717) is 17.8 Å². The summed E-state index contributed by atoms with van der Waals surface area (Å²) < 4.78 is 53.7. The van der Waals surface area contributed by atoms with E-state index in [2.05, 4.69) is 14.7 Å². The van der Waals surface area contributed by atoms with Crippen LogP contribution in [-0.4, -0.2) is 38.5 Å². The Labute approximate surface area is 173 Å². The zero-order valence-electron chi connectivity index (χ0n) is 15.8. The summed E-state index contributed by atoms with van der Waals surface area (Å²) in [7, 11) is 0.